The van der Waals surface area contributed by atoms with Crippen molar-refractivity contribution in [3.63, 3.8) is 0 Å². The number of carbonyl (C=O) groups is 2. The molecule has 0 aliphatic carbocycles. The number of carboxylic acid groups (broad SMARTS) is 2. The molecule has 0 saturated heterocycles. The van der Waals surface area contributed by atoms with Gasteiger partial charge in [0.05, 0.1) is 0 Å². The molecule has 0 radical (unpaired) electrons. The Hall–Kier alpha value is -1.35. The number of hydrogen-bond acceptors (Lipinski definition) is 4. The first-order valence-electron chi connectivity index (χ1n) is 2.67. The molecule has 0 saturated carbocycles. The van der Waals surface area contributed by atoms with Crippen LogP contribution in [-0.2, 0) is 9.59 Å². The van der Waals surface area contributed by atoms with Crippen LogP contribution in [-0.4, -0.2) is 34.9 Å². The molecule has 6 nitrogen and oxygen atoms in total. The Morgan fingerprint density at radius 1 is 1.23 bits per heavy atom. The van der Waals surface area contributed by atoms with Gasteiger partial charge in [0.25, 0.3) is 0 Å². The molecule has 0 fully saturated rings. The highest BCUT2D eigenvalue weighted by atomic mass is 19.4. The van der Waals surface area contributed by atoms with E-state index in [-0.39, 0.29) is 0 Å². The standard InChI is InChI=1S/C2H5F3N2.C2H2O4/c3-2(4,5)1-7-6;3-1(4)2(5)6/h7H,1,6H2;(H,3,4)(H,5,6). The average molecular weight is 204 g/mol. The smallest absolute Gasteiger partial charge is 0.414 e. The van der Waals surface area contributed by atoms with Crippen LogP contribution in [0.5, 0.6) is 0 Å². The van der Waals surface area contributed by atoms with Crippen molar-refractivity contribution in [2.75, 3.05) is 6.54 Å². The number of nitrogens with one attached hydrogen (secondary N) is 1. The lowest BCUT2D eigenvalue weighted by Crippen LogP contribution is -2.33. The number of hydrazine groups is 1. The van der Waals surface area contributed by atoms with Gasteiger partial charge in [-0.15, -0.1) is 0 Å². The highest BCUT2D eigenvalue weighted by molar-refractivity contribution is 6.27. The highest BCUT2D eigenvalue weighted by Gasteiger charge is 2.25. The lowest BCUT2D eigenvalue weighted by molar-refractivity contribution is -0.159. The second kappa shape index (κ2) is 6.20. The molecular formula is C4H7F3N2O4. The summed E-state index contributed by atoms with van der Waals surface area (Å²) in [6.07, 6.45) is -4.19. The zero-order valence-electron chi connectivity index (χ0n) is 6.13. The SMILES string of the molecule is NNCC(F)(F)F.O=C(O)C(=O)O. The molecule has 0 atom stereocenters. The molecule has 0 aromatic heterocycles. The maximum Gasteiger partial charge on any atom is 0.414 e. The highest BCUT2D eigenvalue weighted by Crippen LogP contribution is 2.11. The minimum atomic E-state index is -4.19. The Kier molecular flexibility index (Phi) is 6.76. The summed E-state index contributed by atoms with van der Waals surface area (Å²) in [5.74, 6) is 0.697. The minimum Gasteiger partial charge on any atom is -0.473 e. The molecule has 0 aliphatic heterocycles. The number of nitrogens with two attached hydrogens (primary N) is 1. The summed E-state index contributed by atoms with van der Waals surface area (Å²) in [5.41, 5.74) is 1.48. The maximum absolute atomic E-state index is 10.9. The zero-order chi connectivity index (χ0) is 11.1. The Balaban J connectivity index is 0. The molecule has 0 aliphatic rings. The third-order valence-corrected chi connectivity index (χ3v) is 0.485. The molecule has 0 bridgehead atoms. The van der Waals surface area contributed by atoms with E-state index in [4.69, 9.17) is 19.8 Å². The molecule has 0 unspecified atom stereocenters. The topological polar surface area (TPSA) is 113 Å². The van der Waals surface area contributed by atoms with Crippen LogP contribution in [0.15, 0.2) is 0 Å². The molecular weight excluding hydrogens is 197 g/mol. The largest absolute Gasteiger partial charge is 0.473 e. The van der Waals surface area contributed by atoms with Gasteiger partial charge in [-0.2, -0.15) is 13.2 Å². The molecule has 0 rings (SSSR count). The Morgan fingerprint density at radius 2 is 1.54 bits per heavy atom. The number of halogens is 3. The fourth-order valence-corrected chi connectivity index (χ4v) is 0.116. The second-order valence-electron chi connectivity index (χ2n) is 1.61. The molecule has 0 aromatic carbocycles. The van der Waals surface area contributed by atoms with Crippen LogP contribution < -0.4 is 11.3 Å². The van der Waals surface area contributed by atoms with E-state index in [9.17, 15) is 13.2 Å². The molecule has 78 valence electrons. The van der Waals surface area contributed by atoms with E-state index in [2.05, 4.69) is 5.84 Å². The minimum absolute atomic E-state index is 1.13. The van der Waals surface area contributed by atoms with E-state index >= 15 is 0 Å². The molecule has 0 heterocycles. The van der Waals surface area contributed by atoms with Gasteiger partial charge in [-0.05, 0) is 0 Å². The molecule has 5 N–H and O–H groups in total. The zero-order valence-corrected chi connectivity index (χ0v) is 6.13. The first kappa shape index (κ1) is 14.2. The van der Waals surface area contributed by atoms with Crippen molar-refractivity contribution < 1.29 is 33.0 Å². The third-order valence-electron chi connectivity index (χ3n) is 0.485. The monoisotopic (exact) mass is 204 g/mol. The lowest BCUT2D eigenvalue weighted by atomic mass is 10.7. The van der Waals surface area contributed by atoms with Gasteiger partial charge < -0.3 is 10.2 Å². The maximum atomic E-state index is 10.9. The number of hydrogen-bond donors (Lipinski definition) is 4. The predicted molar refractivity (Wildman–Crippen MR) is 33.5 cm³/mol. The van der Waals surface area contributed by atoms with Crippen LogP contribution in [0.1, 0.15) is 0 Å². The fraction of sp³-hybridized carbons (Fsp3) is 0.500. The number of aliphatic carboxylic acids is 2. The Morgan fingerprint density at radius 3 is 1.54 bits per heavy atom. The summed E-state index contributed by atoms with van der Waals surface area (Å²) in [6.45, 7) is -1.13. The summed E-state index contributed by atoms with van der Waals surface area (Å²) in [7, 11) is 0. The number of rotatable bonds is 1. The van der Waals surface area contributed by atoms with Crippen LogP contribution in [0.2, 0.25) is 0 Å². The van der Waals surface area contributed by atoms with Gasteiger partial charge >= 0.3 is 18.1 Å². The lowest BCUT2D eigenvalue weighted by Gasteiger charge is -2.01. The number of carboxylic acids is 2. The Labute approximate surface area is 70.1 Å². The van der Waals surface area contributed by atoms with Crippen molar-refractivity contribution in [2.24, 2.45) is 5.84 Å². The van der Waals surface area contributed by atoms with Crippen LogP contribution in [0.25, 0.3) is 0 Å². The van der Waals surface area contributed by atoms with Gasteiger partial charge in [0.2, 0.25) is 0 Å². The first-order valence-corrected chi connectivity index (χ1v) is 2.67. The van der Waals surface area contributed by atoms with E-state index in [0.29, 0.717) is 0 Å². The molecule has 9 heteroatoms. The fourth-order valence-electron chi connectivity index (χ4n) is 0.116. The van der Waals surface area contributed by atoms with E-state index < -0.39 is 24.7 Å². The summed E-state index contributed by atoms with van der Waals surface area (Å²) in [6, 6.07) is 0. The van der Waals surface area contributed by atoms with Gasteiger partial charge in [0.15, 0.2) is 0 Å². The van der Waals surface area contributed by atoms with Gasteiger partial charge in [0.1, 0.15) is 6.54 Å². The van der Waals surface area contributed by atoms with Crippen molar-refractivity contribution in [1.29, 1.82) is 0 Å². The van der Waals surface area contributed by atoms with Crippen LogP contribution in [0, 0.1) is 0 Å². The Bertz CT molecular complexity index is 169. The van der Waals surface area contributed by atoms with Gasteiger partial charge in [0, 0.05) is 0 Å². The predicted octanol–water partition coefficient (Wildman–Crippen LogP) is -0.832. The quantitative estimate of drug-likeness (QED) is 0.252. The van der Waals surface area contributed by atoms with Crippen molar-refractivity contribution in [3.05, 3.63) is 0 Å². The van der Waals surface area contributed by atoms with Crippen molar-refractivity contribution >= 4 is 11.9 Å². The summed E-state index contributed by atoms with van der Waals surface area (Å²) in [5, 5.41) is 14.8. The van der Waals surface area contributed by atoms with Crippen LogP contribution in [0.4, 0.5) is 13.2 Å². The first-order chi connectivity index (χ1) is 5.70. The van der Waals surface area contributed by atoms with Crippen LogP contribution >= 0.6 is 0 Å². The van der Waals surface area contributed by atoms with Gasteiger partial charge in [-0.1, -0.05) is 0 Å². The number of alkyl halides is 3. The summed E-state index contributed by atoms with van der Waals surface area (Å²) < 4.78 is 32.7. The second-order valence-corrected chi connectivity index (χ2v) is 1.61. The third kappa shape index (κ3) is 18.0. The van der Waals surface area contributed by atoms with Crippen molar-refractivity contribution in [1.82, 2.24) is 5.43 Å². The van der Waals surface area contributed by atoms with Crippen molar-refractivity contribution in [2.45, 2.75) is 6.18 Å². The van der Waals surface area contributed by atoms with E-state index in [1.54, 1.807) is 0 Å². The van der Waals surface area contributed by atoms with E-state index in [1.165, 1.54) is 5.43 Å². The van der Waals surface area contributed by atoms with Gasteiger partial charge in [-0.3, -0.25) is 11.3 Å². The van der Waals surface area contributed by atoms with E-state index in [0.717, 1.165) is 0 Å². The van der Waals surface area contributed by atoms with Crippen molar-refractivity contribution in [3.8, 4) is 0 Å². The van der Waals surface area contributed by atoms with E-state index in [1.807, 2.05) is 0 Å². The molecule has 0 amide bonds. The summed E-state index contributed by atoms with van der Waals surface area (Å²) >= 11 is 0. The normalized spacial score (nSPS) is 9.85. The van der Waals surface area contributed by atoms with Crippen LogP contribution in [0.3, 0.4) is 0 Å². The molecule has 0 aromatic rings. The average Bonchev–Trinajstić information content (AvgIpc) is 1.85. The summed E-state index contributed by atoms with van der Waals surface area (Å²) in [4.78, 5) is 18.2. The molecule has 0 spiro atoms. The molecule has 13 heavy (non-hydrogen) atoms. The van der Waals surface area contributed by atoms with Gasteiger partial charge in [-0.25, -0.2) is 9.59 Å².